The Hall–Kier alpha value is -1.64. The first-order chi connectivity index (χ1) is 9.07. The van der Waals surface area contributed by atoms with Gasteiger partial charge in [0.2, 0.25) is 0 Å². The van der Waals surface area contributed by atoms with Gasteiger partial charge in [0, 0.05) is 18.4 Å². The van der Waals surface area contributed by atoms with E-state index in [1.807, 2.05) is 30.3 Å². The summed E-state index contributed by atoms with van der Waals surface area (Å²) in [4.78, 5) is 23.8. The Morgan fingerprint density at radius 2 is 1.68 bits per heavy atom. The van der Waals surface area contributed by atoms with Crippen molar-refractivity contribution >= 4 is 11.8 Å². The Balaban J connectivity index is 2.51. The molecule has 0 radical (unpaired) electrons. The van der Waals surface area contributed by atoms with Gasteiger partial charge in [-0.25, -0.2) is 0 Å². The zero-order valence-electron chi connectivity index (χ0n) is 11.5. The Morgan fingerprint density at radius 1 is 1.11 bits per heavy atom. The summed E-state index contributed by atoms with van der Waals surface area (Å²) in [5.74, 6) is -0.386. The molecule has 3 heteroatoms. The lowest BCUT2D eigenvalue weighted by molar-refractivity contribution is -0.173. The van der Waals surface area contributed by atoms with E-state index in [2.05, 4.69) is 0 Å². The predicted molar refractivity (Wildman–Crippen MR) is 72.5 cm³/mol. The molecule has 1 aliphatic rings. The van der Waals surface area contributed by atoms with E-state index in [1.165, 1.54) is 13.8 Å². The fourth-order valence-corrected chi connectivity index (χ4v) is 3.19. The summed E-state index contributed by atoms with van der Waals surface area (Å²) in [5, 5.41) is 0. The van der Waals surface area contributed by atoms with Gasteiger partial charge in [-0.3, -0.25) is 9.59 Å². The van der Waals surface area contributed by atoms with Crippen LogP contribution in [0.5, 0.6) is 0 Å². The number of carbonyl (C=O) groups excluding carboxylic acids is 2. The summed E-state index contributed by atoms with van der Waals surface area (Å²) in [6.45, 7) is 2.89. The fourth-order valence-electron chi connectivity index (χ4n) is 3.19. The van der Waals surface area contributed by atoms with Gasteiger partial charge in [-0.15, -0.1) is 0 Å². The minimum absolute atomic E-state index is 0.0826. The monoisotopic (exact) mass is 260 g/mol. The standard InChI is InChI=1S/C16H20O3/c1-12(17)16(19-13(2)18,15-10-6-7-11-15)14-8-4-3-5-9-14/h3-5,8-9,15H,6-7,10-11H2,1-2H3. The van der Waals surface area contributed by atoms with Crippen molar-refractivity contribution in [3.05, 3.63) is 35.9 Å². The van der Waals surface area contributed by atoms with Crippen LogP contribution in [-0.2, 0) is 19.9 Å². The van der Waals surface area contributed by atoms with Gasteiger partial charge < -0.3 is 4.74 Å². The lowest BCUT2D eigenvalue weighted by Crippen LogP contribution is -2.44. The van der Waals surface area contributed by atoms with Gasteiger partial charge >= 0.3 is 5.97 Å². The Bertz CT molecular complexity index is 460. The number of esters is 1. The van der Waals surface area contributed by atoms with Crippen LogP contribution in [0.3, 0.4) is 0 Å². The third-order valence-electron chi connectivity index (χ3n) is 3.96. The molecule has 1 aromatic carbocycles. The Kier molecular flexibility index (Phi) is 4.03. The minimum Gasteiger partial charge on any atom is -0.446 e. The number of hydrogen-bond acceptors (Lipinski definition) is 3. The summed E-state index contributed by atoms with van der Waals surface area (Å²) < 4.78 is 5.58. The maximum Gasteiger partial charge on any atom is 0.303 e. The number of rotatable bonds is 4. The molecule has 2 rings (SSSR count). The van der Waals surface area contributed by atoms with E-state index in [9.17, 15) is 9.59 Å². The highest BCUT2D eigenvalue weighted by Crippen LogP contribution is 2.44. The molecule has 1 fully saturated rings. The average Bonchev–Trinajstić information content (AvgIpc) is 2.90. The smallest absolute Gasteiger partial charge is 0.303 e. The van der Waals surface area contributed by atoms with E-state index in [4.69, 9.17) is 4.74 Å². The molecular weight excluding hydrogens is 240 g/mol. The van der Waals surface area contributed by atoms with E-state index in [0.717, 1.165) is 31.2 Å². The molecular formula is C16H20O3. The van der Waals surface area contributed by atoms with Crippen LogP contribution < -0.4 is 0 Å². The van der Waals surface area contributed by atoms with Crippen molar-refractivity contribution in [2.24, 2.45) is 5.92 Å². The zero-order chi connectivity index (χ0) is 13.9. The Morgan fingerprint density at radius 3 is 2.16 bits per heavy atom. The maximum atomic E-state index is 12.3. The predicted octanol–water partition coefficient (Wildman–Crippen LogP) is 3.22. The highest BCUT2D eigenvalue weighted by atomic mass is 16.6. The zero-order valence-corrected chi connectivity index (χ0v) is 11.5. The highest BCUT2D eigenvalue weighted by molar-refractivity contribution is 5.89. The van der Waals surface area contributed by atoms with E-state index >= 15 is 0 Å². The number of benzene rings is 1. The maximum absolute atomic E-state index is 12.3. The van der Waals surface area contributed by atoms with Crippen molar-refractivity contribution < 1.29 is 14.3 Å². The van der Waals surface area contributed by atoms with Gasteiger partial charge in [-0.2, -0.15) is 0 Å². The molecule has 0 amide bonds. The van der Waals surface area contributed by atoms with Crippen molar-refractivity contribution in [2.45, 2.75) is 45.1 Å². The second kappa shape index (κ2) is 5.55. The molecule has 1 unspecified atom stereocenters. The first-order valence-electron chi connectivity index (χ1n) is 6.83. The number of ketones is 1. The summed E-state index contributed by atoms with van der Waals surface area (Å²) in [6, 6.07) is 9.42. The number of carbonyl (C=O) groups is 2. The lowest BCUT2D eigenvalue weighted by Gasteiger charge is -2.36. The van der Waals surface area contributed by atoms with Crippen LogP contribution >= 0.6 is 0 Å². The first kappa shape index (κ1) is 13.8. The van der Waals surface area contributed by atoms with Gasteiger partial charge in [0.25, 0.3) is 0 Å². The van der Waals surface area contributed by atoms with Crippen molar-refractivity contribution in [3.63, 3.8) is 0 Å². The topological polar surface area (TPSA) is 43.4 Å². The van der Waals surface area contributed by atoms with Crippen molar-refractivity contribution in [2.75, 3.05) is 0 Å². The molecule has 0 bridgehead atoms. The van der Waals surface area contributed by atoms with Gasteiger partial charge in [0.05, 0.1) is 0 Å². The molecule has 0 N–H and O–H groups in total. The summed E-state index contributed by atoms with van der Waals surface area (Å²) in [6.07, 6.45) is 4.05. The number of ether oxygens (including phenoxy) is 1. The SMILES string of the molecule is CC(=O)OC(C(C)=O)(c1ccccc1)C1CCCC1. The molecule has 0 spiro atoms. The van der Waals surface area contributed by atoms with Crippen LogP contribution in [0.25, 0.3) is 0 Å². The fraction of sp³-hybridized carbons (Fsp3) is 0.500. The second-order valence-corrected chi connectivity index (χ2v) is 5.23. The van der Waals surface area contributed by atoms with Crippen LogP contribution in [0.2, 0.25) is 0 Å². The normalized spacial score (nSPS) is 18.8. The van der Waals surface area contributed by atoms with Crippen LogP contribution in [0.1, 0.15) is 45.1 Å². The molecule has 1 saturated carbocycles. The number of Topliss-reactive ketones (excluding diaryl/α,β-unsaturated/α-hetero) is 1. The van der Waals surface area contributed by atoms with Gasteiger partial charge in [0.1, 0.15) is 0 Å². The highest BCUT2D eigenvalue weighted by Gasteiger charge is 2.48. The third kappa shape index (κ3) is 2.55. The molecule has 1 atom stereocenters. The largest absolute Gasteiger partial charge is 0.446 e. The number of hydrogen-bond donors (Lipinski definition) is 0. The van der Waals surface area contributed by atoms with Gasteiger partial charge in [0.15, 0.2) is 11.4 Å². The van der Waals surface area contributed by atoms with Crippen LogP contribution in [-0.4, -0.2) is 11.8 Å². The van der Waals surface area contributed by atoms with Crippen molar-refractivity contribution in [3.8, 4) is 0 Å². The van der Waals surface area contributed by atoms with Crippen LogP contribution in [0, 0.1) is 5.92 Å². The second-order valence-electron chi connectivity index (χ2n) is 5.23. The molecule has 1 aliphatic carbocycles. The van der Waals surface area contributed by atoms with Gasteiger partial charge in [-0.05, 0) is 19.8 Å². The summed E-state index contributed by atoms with van der Waals surface area (Å²) in [5.41, 5.74) is -0.298. The molecule has 3 nitrogen and oxygen atoms in total. The van der Waals surface area contributed by atoms with Crippen molar-refractivity contribution in [1.29, 1.82) is 0 Å². The third-order valence-corrected chi connectivity index (χ3v) is 3.96. The minimum atomic E-state index is -1.09. The summed E-state index contributed by atoms with van der Waals surface area (Å²) >= 11 is 0. The van der Waals surface area contributed by atoms with E-state index in [-0.39, 0.29) is 11.7 Å². The van der Waals surface area contributed by atoms with Crippen LogP contribution in [0.15, 0.2) is 30.3 Å². The molecule has 1 aromatic rings. The molecule has 102 valence electrons. The average molecular weight is 260 g/mol. The molecule has 0 aromatic heterocycles. The van der Waals surface area contributed by atoms with E-state index in [0.29, 0.717) is 0 Å². The van der Waals surface area contributed by atoms with Crippen LogP contribution in [0.4, 0.5) is 0 Å². The summed E-state index contributed by atoms with van der Waals surface area (Å²) in [7, 11) is 0. The first-order valence-corrected chi connectivity index (χ1v) is 6.83. The molecule has 0 aliphatic heterocycles. The van der Waals surface area contributed by atoms with Gasteiger partial charge in [-0.1, -0.05) is 43.2 Å². The molecule has 0 heterocycles. The molecule has 19 heavy (non-hydrogen) atoms. The quantitative estimate of drug-likeness (QED) is 0.781. The lowest BCUT2D eigenvalue weighted by atomic mass is 9.77. The Labute approximate surface area is 114 Å². The van der Waals surface area contributed by atoms with E-state index in [1.54, 1.807) is 0 Å². The van der Waals surface area contributed by atoms with E-state index < -0.39 is 11.6 Å². The van der Waals surface area contributed by atoms with Crippen molar-refractivity contribution in [1.82, 2.24) is 0 Å². The molecule has 0 saturated heterocycles.